The smallest absolute Gasteiger partial charge is 0.127 e. The topological polar surface area (TPSA) is 35.9 Å². The molecule has 1 aromatic heterocycles. The first-order valence-electron chi connectivity index (χ1n) is 9.08. The predicted octanol–water partition coefficient (Wildman–Crippen LogP) is 3.67. The zero-order chi connectivity index (χ0) is 18.5. The second-order valence-electron chi connectivity index (χ2n) is 6.39. The summed E-state index contributed by atoms with van der Waals surface area (Å²) in [6.45, 7) is 11.1. The van der Waals surface area contributed by atoms with E-state index in [1.54, 1.807) is 14.2 Å². The normalized spacial score (nSPS) is 15.0. The van der Waals surface area contributed by atoms with Crippen LogP contribution in [-0.2, 0) is 17.8 Å². The molecule has 2 aromatic rings. The minimum absolute atomic E-state index is 0.775. The molecule has 0 unspecified atom stereocenters. The molecule has 1 aliphatic heterocycles. The number of hydrogen-bond donors (Lipinski definition) is 0. The molecule has 1 aliphatic rings. The second kappa shape index (κ2) is 8.43. The van der Waals surface area contributed by atoms with Crippen LogP contribution in [0.5, 0.6) is 11.5 Å². The van der Waals surface area contributed by atoms with Crippen molar-refractivity contribution in [2.45, 2.75) is 20.0 Å². The van der Waals surface area contributed by atoms with E-state index < -0.39 is 0 Å². The van der Waals surface area contributed by atoms with Crippen molar-refractivity contribution in [2.24, 2.45) is 0 Å². The van der Waals surface area contributed by atoms with E-state index in [-0.39, 0.29) is 0 Å². The fraction of sp³-hybridized carbons (Fsp3) is 0.429. The van der Waals surface area contributed by atoms with Gasteiger partial charge in [-0.05, 0) is 36.8 Å². The maximum absolute atomic E-state index is 5.72. The van der Waals surface area contributed by atoms with Crippen molar-refractivity contribution >= 4 is 6.08 Å². The van der Waals surface area contributed by atoms with E-state index in [2.05, 4.69) is 47.4 Å². The van der Waals surface area contributed by atoms with Gasteiger partial charge in [0.25, 0.3) is 0 Å². The molecule has 0 saturated carbocycles. The summed E-state index contributed by atoms with van der Waals surface area (Å²) in [4.78, 5) is 2.37. The lowest BCUT2D eigenvalue weighted by Crippen LogP contribution is -2.35. The van der Waals surface area contributed by atoms with Crippen LogP contribution < -0.4 is 9.47 Å². The van der Waals surface area contributed by atoms with Gasteiger partial charge in [-0.3, -0.25) is 4.90 Å². The summed E-state index contributed by atoms with van der Waals surface area (Å²) in [5, 5.41) is 0. The Morgan fingerprint density at radius 2 is 1.73 bits per heavy atom. The van der Waals surface area contributed by atoms with Crippen LogP contribution in [0.2, 0.25) is 0 Å². The molecule has 140 valence electrons. The first-order valence-corrected chi connectivity index (χ1v) is 9.08. The molecule has 26 heavy (non-hydrogen) atoms. The van der Waals surface area contributed by atoms with Gasteiger partial charge in [-0.2, -0.15) is 0 Å². The number of rotatable bonds is 7. The van der Waals surface area contributed by atoms with E-state index in [0.717, 1.165) is 73.3 Å². The Morgan fingerprint density at radius 3 is 2.23 bits per heavy atom. The summed E-state index contributed by atoms with van der Waals surface area (Å²) in [6, 6.07) is 6.34. The highest BCUT2D eigenvalue weighted by Crippen LogP contribution is 2.36. The SMILES string of the molecule is C=Cc1cc(-c2cc(OC)c(CN3CCOCC3)c(OC)c2)cn1CC. The lowest BCUT2D eigenvalue weighted by molar-refractivity contribution is 0.0335. The van der Waals surface area contributed by atoms with E-state index in [1.165, 1.54) is 0 Å². The van der Waals surface area contributed by atoms with Gasteiger partial charge in [0.2, 0.25) is 0 Å². The van der Waals surface area contributed by atoms with E-state index in [9.17, 15) is 0 Å². The van der Waals surface area contributed by atoms with Crippen LogP contribution in [0, 0.1) is 0 Å². The van der Waals surface area contributed by atoms with Gasteiger partial charge in [0.1, 0.15) is 11.5 Å². The Labute approximate surface area is 155 Å². The van der Waals surface area contributed by atoms with Gasteiger partial charge in [0.05, 0.1) is 33.0 Å². The van der Waals surface area contributed by atoms with E-state index in [4.69, 9.17) is 14.2 Å². The molecule has 0 radical (unpaired) electrons. The summed E-state index contributed by atoms with van der Waals surface area (Å²) in [5.41, 5.74) is 4.41. The number of aryl methyl sites for hydroxylation is 1. The van der Waals surface area contributed by atoms with Gasteiger partial charge in [0, 0.05) is 43.6 Å². The van der Waals surface area contributed by atoms with Gasteiger partial charge >= 0.3 is 0 Å². The maximum Gasteiger partial charge on any atom is 0.127 e. The molecule has 0 aliphatic carbocycles. The monoisotopic (exact) mass is 356 g/mol. The molecule has 2 heterocycles. The summed E-state index contributed by atoms with van der Waals surface area (Å²) in [6.07, 6.45) is 4.03. The fourth-order valence-electron chi connectivity index (χ4n) is 3.42. The molecule has 1 aromatic carbocycles. The molecule has 0 bridgehead atoms. The molecule has 3 rings (SSSR count). The number of methoxy groups -OCH3 is 2. The third-order valence-electron chi connectivity index (χ3n) is 4.91. The number of aromatic nitrogens is 1. The van der Waals surface area contributed by atoms with Crippen molar-refractivity contribution in [3.8, 4) is 22.6 Å². The molecule has 5 heteroatoms. The molecule has 0 N–H and O–H groups in total. The van der Waals surface area contributed by atoms with Crippen molar-refractivity contribution in [1.82, 2.24) is 9.47 Å². The molecular formula is C21H28N2O3. The van der Waals surface area contributed by atoms with Crippen LogP contribution in [0.3, 0.4) is 0 Å². The first-order chi connectivity index (χ1) is 12.7. The summed E-state index contributed by atoms with van der Waals surface area (Å²) in [5.74, 6) is 1.71. The molecule has 0 atom stereocenters. The molecular weight excluding hydrogens is 328 g/mol. The van der Waals surface area contributed by atoms with E-state index in [0.29, 0.717) is 0 Å². The third kappa shape index (κ3) is 3.79. The lowest BCUT2D eigenvalue weighted by atomic mass is 10.0. The van der Waals surface area contributed by atoms with Crippen molar-refractivity contribution in [3.63, 3.8) is 0 Å². The van der Waals surface area contributed by atoms with E-state index >= 15 is 0 Å². The average Bonchev–Trinajstić information content (AvgIpc) is 3.12. The molecule has 1 fully saturated rings. The maximum atomic E-state index is 5.72. The molecule has 0 amide bonds. The third-order valence-corrected chi connectivity index (χ3v) is 4.91. The number of ether oxygens (including phenoxy) is 3. The zero-order valence-corrected chi connectivity index (χ0v) is 16.0. The Balaban J connectivity index is 1.98. The van der Waals surface area contributed by atoms with Crippen molar-refractivity contribution in [3.05, 3.63) is 42.2 Å². The van der Waals surface area contributed by atoms with Crippen LogP contribution in [0.25, 0.3) is 17.2 Å². The molecule has 0 spiro atoms. The van der Waals surface area contributed by atoms with Gasteiger partial charge < -0.3 is 18.8 Å². The minimum atomic E-state index is 0.775. The Bertz CT molecular complexity index is 736. The Hall–Kier alpha value is -2.24. The fourth-order valence-corrected chi connectivity index (χ4v) is 3.42. The van der Waals surface area contributed by atoms with Crippen molar-refractivity contribution < 1.29 is 14.2 Å². The molecule has 5 nitrogen and oxygen atoms in total. The number of nitrogens with zero attached hydrogens (tertiary/aromatic N) is 2. The highest BCUT2D eigenvalue weighted by molar-refractivity contribution is 5.71. The summed E-state index contributed by atoms with van der Waals surface area (Å²) < 4.78 is 19.1. The van der Waals surface area contributed by atoms with Gasteiger partial charge in [-0.1, -0.05) is 6.58 Å². The molecule has 1 saturated heterocycles. The largest absolute Gasteiger partial charge is 0.496 e. The minimum Gasteiger partial charge on any atom is -0.496 e. The van der Waals surface area contributed by atoms with Crippen molar-refractivity contribution in [1.29, 1.82) is 0 Å². The number of benzene rings is 1. The van der Waals surface area contributed by atoms with Crippen LogP contribution >= 0.6 is 0 Å². The van der Waals surface area contributed by atoms with Crippen LogP contribution in [0.4, 0.5) is 0 Å². The lowest BCUT2D eigenvalue weighted by Gasteiger charge is -2.28. The number of morpholine rings is 1. The Kier molecular flexibility index (Phi) is 6.01. The van der Waals surface area contributed by atoms with Crippen LogP contribution in [-0.4, -0.2) is 50.0 Å². The standard InChI is InChI=1S/C21H28N2O3/c1-5-18-11-17(14-23(18)6-2)16-12-20(24-3)19(21(13-16)25-4)15-22-7-9-26-10-8-22/h5,11-14H,1,6-10,15H2,2-4H3. The Morgan fingerprint density at radius 1 is 1.08 bits per heavy atom. The predicted molar refractivity (Wildman–Crippen MR) is 105 cm³/mol. The first kappa shape index (κ1) is 18.5. The van der Waals surface area contributed by atoms with Gasteiger partial charge in [0.15, 0.2) is 0 Å². The highest BCUT2D eigenvalue weighted by atomic mass is 16.5. The zero-order valence-electron chi connectivity index (χ0n) is 16.0. The van der Waals surface area contributed by atoms with Gasteiger partial charge in [-0.15, -0.1) is 0 Å². The van der Waals surface area contributed by atoms with E-state index in [1.807, 2.05) is 6.08 Å². The average molecular weight is 356 g/mol. The van der Waals surface area contributed by atoms with Crippen LogP contribution in [0.1, 0.15) is 18.2 Å². The highest BCUT2D eigenvalue weighted by Gasteiger charge is 2.19. The number of hydrogen-bond acceptors (Lipinski definition) is 4. The second-order valence-corrected chi connectivity index (χ2v) is 6.39. The van der Waals surface area contributed by atoms with Crippen LogP contribution in [0.15, 0.2) is 31.0 Å². The quantitative estimate of drug-likeness (QED) is 0.758. The van der Waals surface area contributed by atoms with Gasteiger partial charge in [-0.25, -0.2) is 0 Å². The van der Waals surface area contributed by atoms with Crippen molar-refractivity contribution in [2.75, 3.05) is 40.5 Å². The summed E-state index contributed by atoms with van der Waals surface area (Å²) in [7, 11) is 3.43. The summed E-state index contributed by atoms with van der Waals surface area (Å²) >= 11 is 0.